The lowest BCUT2D eigenvalue weighted by Crippen LogP contribution is -2.41. The molecule has 9 heteroatoms. The van der Waals surface area contributed by atoms with Gasteiger partial charge >= 0.3 is 0 Å². The summed E-state index contributed by atoms with van der Waals surface area (Å²) in [6.45, 7) is 5.05. The van der Waals surface area contributed by atoms with Crippen LogP contribution in [-0.2, 0) is 21.4 Å². The maximum absolute atomic E-state index is 12.8. The van der Waals surface area contributed by atoms with Crippen LogP contribution in [-0.4, -0.2) is 48.8 Å². The highest BCUT2D eigenvalue weighted by atomic mass is 32.2. The van der Waals surface area contributed by atoms with E-state index < -0.39 is 15.9 Å². The summed E-state index contributed by atoms with van der Waals surface area (Å²) in [4.78, 5) is 18.9. The molecule has 1 saturated heterocycles. The summed E-state index contributed by atoms with van der Waals surface area (Å²) in [5, 5.41) is 0. The molecule has 1 fully saturated rings. The number of benzene rings is 1. The monoisotopic (exact) mass is 425 g/mol. The van der Waals surface area contributed by atoms with E-state index in [0.29, 0.717) is 30.7 Å². The number of piperidine rings is 1. The van der Waals surface area contributed by atoms with Crippen LogP contribution in [0.25, 0.3) is 10.2 Å². The number of amides is 1. The van der Waals surface area contributed by atoms with E-state index in [2.05, 4.69) is 23.7 Å². The van der Waals surface area contributed by atoms with Crippen molar-refractivity contribution in [2.45, 2.75) is 24.3 Å². The summed E-state index contributed by atoms with van der Waals surface area (Å²) in [6, 6.07) is 6.19. The predicted molar refractivity (Wildman–Crippen MR) is 112 cm³/mol. The van der Waals surface area contributed by atoms with Crippen molar-refractivity contribution >= 4 is 49.2 Å². The number of aromatic nitrogens is 1. The van der Waals surface area contributed by atoms with E-state index in [1.807, 2.05) is 16.9 Å². The zero-order valence-electron chi connectivity index (χ0n) is 15.4. The van der Waals surface area contributed by atoms with Crippen LogP contribution < -0.4 is 4.80 Å². The minimum absolute atomic E-state index is 0.212. The standard InChI is InChI=1S/C18H23N3O3S3/c1-4-9-21-15-8-7-14(25-2)11-16(15)26-18(21)19-17(22)13-6-5-10-20(12-13)27(3,23)24/h4,7-8,11,13H,1,5-6,9-10,12H2,2-3H3. The van der Waals surface area contributed by atoms with Gasteiger partial charge in [-0.3, -0.25) is 4.79 Å². The quantitative estimate of drug-likeness (QED) is 0.545. The molecule has 0 radical (unpaired) electrons. The molecule has 2 aromatic rings. The summed E-state index contributed by atoms with van der Waals surface area (Å²) in [7, 11) is -3.29. The van der Waals surface area contributed by atoms with Crippen molar-refractivity contribution in [2.24, 2.45) is 10.9 Å². The Hall–Kier alpha value is -1.42. The SMILES string of the molecule is C=CCn1c(=NC(=O)C2CCCN(S(C)(=O)=O)C2)sc2cc(SC)ccc21. The number of nitrogens with zero attached hydrogens (tertiary/aromatic N) is 3. The third-order valence-corrected chi connectivity index (χ3v) is 7.65. The third-order valence-electron chi connectivity index (χ3n) is 4.61. The maximum atomic E-state index is 12.8. The van der Waals surface area contributed by atoms with Crippen molar-refractivity contribution in [3.8, 4) is 0 Å². The average molecular weight is 426 g/mol. The number of fused-ring (bicyclic) bond motifs is 1. The number of allylic oxidation sites excluding steroid dienone is 1. The van der Waals surface area contributed by atoms with Gasteiger partial charge in [0.1, 0.15) is 0 Å². The summed E-state index contributed by atoms with van der Waals surface area (Å²) >= 11 is 3.14. The molecular formula is C18H23N3O3S3. The Labute approximate surface area is 167 Å². The fourth-order valence-electron chi connectivity index (χ4n) is 3.20. The van der Waals surface area contributed by atoms with Crippen LogP contribution in [0.5, 0.6) is 0 Å². The number of carbonyl (C=O) groups is 1. The van der Waals surface area contributed by atoms with Crippen molar-refractivity contribution in [2.75, 3.05) is 25.6 Å². The molecular weight excluding hydrogens is 402 g/mol. The van der Waals surface area contributed by atoms with Gasteiger partial charge in [0.15, 0.2) is 4.80 Å². The van der Waals surface area contributed by atoms with Gasteiger partial charge in [-0.15, -0.1) is 18.3 Å². The Balaban J connectivity index is 1.97. The van der Waals surface area contributed by atoms with Crippen LogP contribution in [0.3, 0.4) is 0 Å². The molecule has 2 heterocycles. The molecule has 1 unspecified atom stereocenters. The van der Waals surface area contributed by atoms with E-state index in [0.717, 1.165) is 15.1 Å². The van der Waals surface area contributed by atoms with Gasteiger partial charge in [-0.05, 0) is 37.3 Å². The molecule has 0 aliphatic carbocycles. The molecule has 27 heavy (non-hydrogen) atoms. The number of thioether (sulfide) groups is 1. The van der Waals surface area contributed by atoms with Gasteiger partial charge in [0.05, 0.1) is 22.4 Å². The molecule has 0 spiro atoms. The highest BCUT2D eigenvalue weighted by molar-refractivity contribution is 7.98. The molecule has 6 nitrogen and oxygen atoms in total. The minimum atomic E-state index is -3.29. The number of carbonyl (C=O) groups excluding carboxylic acids is 1. The van der Waals surface area contributed by atoms with Gasteiger partial charge < -0.3 is 4.57 Å². The normalized spacial score (nSPS) is 19.5. The molecule has 1 aliphatic rings. The second kappa shape index (κ2) is 8.30. The van der Waals surface area contributed by atoms with Gasteiger partial charge in [0.2, 0.25) is 10.0 Å². The van der Waals surface area contributed by atoms with Crippen LogP contribution in [0, 0.1) is 5.92 Å². The molecule has 1 amide bonds. The first kappa shape index (κ1) is 20.3. The maximum Gasteiger partial charge on any atom is 0.252 e. The van der Waals surface area contributed by atoms with Crippen molar-refractivity contribution in [3.05, 3.63) is 35.7 Å². The number of hydrogen-bond acceptors (Lipinski definition) is 5. The van der Waals surface area contributed by atoms with Crippen molar-refractivity contribution in [3.63, 3.8) is 0 Å². The first-order valence-electron chi connectivity index (χ1n) is 8.65. The number of hydrogen-bond donors (Lipinski definition) is 0. The van der Waals surface area contributed by atoms with Crippen LogP contribution in [0.1, 0.15) is 12.8 Å². The molecule has 1 aliphatic heterocycles. The zero-order chi connectivity index (χ0) is 19.6. The Kier molecular flexibility index (Phi) is 6.25. The zero-order valence-corrected chi connectivity index (χ0v) is 17.9. The molecule has 1 atom stereocenters. The van der Waals surface area contributed by atoms with E-state index in [1.54, 1.807) is 17.8 Å². The van der Waals surface area contributed by atoms with Gasteiger partial charge in [-0.25, -0.2) is 12.7 Å². The van der Waals surface area contributed by atoms with Crippen LogP contribution in [0.15, 0.2) is 40.7 Å². The molecule has 146 valence electrons. The second-order valence-corrected chi connectivity index (χ2v) is 10.4. The van der Waals surface area contributed by atoms with Crippen molar-refractivity contribution in [1.29, 1.82) is 0 Å². The summed E-state index contributed by atoms with van der Waals surface area (Å²) in [5.41, 5.74) is 1.02. The minimum Gasteiger partial charge on any atom is -0.313 e. The third kappa shape index (κ3) is 4.53. The Morgan fingerprint density at radius 3 is 2.93 bits per heavy atom. The topological polar surface area (TPSA) is 71.7 Å². The molecule has 1 aromatic carbocycles. The van der Waals surface area contributed by atoms with E-state index in [1.165, 1.54) is 21.9 Å². The summed E-state index contributed by atoms with van der Waals surface area (Å²) in [5.74, 6) is -0.643. The molecule has 1 aromatic heterocycles. The lowest BCUT2D eigenvalue weighted by molar-refractivity contribution is -0.122. The van der Waals surface area contributed by atoms with E-state index in [-0.39, 0.29) is 12.5 Å². The lowest BCUT2D eigenvalue weighted by atomic mass is 9.99. The largest absolute Gasteiger partial charge is 0.313 e. The Bertz CT molecular complexity index is 1040. The molecule has 0 N–H and O–H groups in total. The number of thiazole rings is 1. The van der Waals surface area contributed by atoms with Crippen molar-refractivity contribution in [1.82, 2.24) is 8.87 Å². The van der Waals surface area contributed by atoms with Crippen LogP contribution >= 0.6 is 23.1 Å². The van der Waals surface area contributed by atoms with Crippen molar-refractivity contribution < 1.29 is 13.2 Å². The second-order valence-electron chi connectivity index (χ2n) is 6.53. The predicted octanol–water partition coefficient (Wildman–Crippen LogP) is 2.71. The Morgan fingerprint density at radius 1 is 1.48 bits per heavy atom. The highest BCUT2D eigenvalue weighted by Crippen LogP contribution is 2.25. The smallest absolute Gasteiger partial charge is 0.252 e. The number of sulfonamides is 1. The average Bonchev–Trinajstić information content (AvgIpc) is 2.97. The number of rotatable bonds is 5. The fourth-order valence-corrected chi connectivity index (χ4v) is 5.71. The fraction of sp³-hybridized carbons (Fsp3) is 0.444. The van der Waals surface area contributed by atoms with Gasteiger partial charge in [-0.2, -0.15) is 4.99 Å². The first-order chi connectivity index (χ1) is 12.8. The van der Waals surface area contributed by atoms with E-state index in [9.17, 15) is 13.2 Å². The van der Waals surface area contributed by atoms with Gasteiger partial charge in [0.25, 0.3) is 5.91 Å². The first-order valence-corrected chi connectivity index (χ1v) is 12.5. The molecule has 3 rings (SSSR count). The van der Waals surface area contributed by atoms with Crippen LogP contribution in [0.4, 0.5) is 0 Å². The van der Waals surface area contributed by atoms with Gasteiger partial charge in [-0.1, -0.05) is 17.4 Å². The summed E-state index contributed by atoms with van der Waals surface area (Å²) < 4.78 is 28.0. The highest BCUT2D eigenvalue weighted by Gasteiger charge is 2.30. The van der Waals surface area contributed by atoms with E-state index in [4.69, 9.17) is 0 Å². The van der Waals surface area contributed by atoms with E-state index >= 15 is 0 Å². The Morgan fingerprint density at radius 2 is 2.26 bits per heavy atom. The lowest BCUT2D eigenvalue weighted by Gasteiger charge is -2.28. The molecule has 0 saturated carbocycles. The van der Waals surface area contributed by atoms with Gasteiger partial charge in [0, 0.05) is 24.5 Å². The summed E-state index contributed by atoms with van der Waals surface area (Å²) in [6.07, 6.45) is 6.33. The molecule has 0 bridgehead atoms. The van der Waals surface area contributed by atoms with Crippen LogP contribution in [0.2, 0.25) is 0 Å².